The molecule has 0 bridgehead atoms. The summed E-state index contributed by atoms with van der Waals surface area (Å²) in [5.41, 5.74) is 0.802. The SMILES string of the molecule is Cc1nc(Cl)c2ncn(C3CN(C(=O)OC(C)(C)C)C3)c2n1. The van der Waals surface area contributed by atoms with Crippen molar-refractivity contribution >= 4 is 28.9 Å². The number of likely N-dealkylation sites (tertiary alicyclic amines) is 1. The molecule has 7 nitrogen and oxygen atoms in total. The van der Waals surface area contributed by atoms with Crippen LogP contribution in [0.5, 0.6) is 0 Å². The Balaban J connectivity index is 1.75. The molecule has 0 unspecified atom stereocenters. The zero-order valence-corrected chi connectivity index (χ0v) is 13.8. The number of aromatic nitrogens is 4. The molecular formula is C14H18ClN5O2. The summed E-state index contributed by atoms with van der Waals surface area (Å²) < 4.78 is 7.29. The second kappa shape index (κ2) is 5.08. The van der Waals surface area contributed by atoms with Gasteiger partial charge in [0, 0.05) is 13.1 Å². The molecule has 2 aromatic heterocycles. The molecule has 1 fully saturated rings. The fraction of sp³-hybridized carbons (Fsp3) is 0.571. The number of halogens is 1. The lowest BCUT2D eigenvalue weighted by Crippen LogP contribution is -2.52. The van der Waals surface area contributed by atoms with Crippen LogP contribution in [-0.2, 0) is 4.74 Å². The van der Waals surface area contributed by atoms with Gasteiger partial charge in [0.2, 0.25) is 0 Å². The van der Waals surface area contributed by atoms with Crippen LogP contribution in [0.2, 0.25) is 5.15 Å². The maximum absolute atomic E-state index is 12.0. The predicted molar refractivity (Wildman–Crippen MR) is 81.9 cm³/mol. The van der Waals surface area contributed by atoms with Gasteiger partial charge in [-0.25, -0.2) is 19.7 Å². The van der Waals surface area contributed by atoms with Gasteiger partial charge in [0.25, 0.3) is 0 Å². The average molecular weight is 324 g/mol. The predicted octanol–water partition coefficient (Wildman–Crippen LogP) is 2.58. The molecule has 1 saturated heterocycles. The lowest BCUT2D eigenvalue weighted by molar-refractivity contribution is 0.00144. The van der Waals surface area contributed by atoms with Crippen LogP contribution in [0.1, 0.15) is 32.6 Å². The molecule has 0 atom stereocenters. The van der Waals surface area contributed by atoms with Crippen molar-refractivity contribution in [3.05, 3.63) is 17.3 Å². The summed E-state index contributed by atoms with van der Waals surface area (Å²) in [4.78, 5) is 26.4. The molecule has 3 rings (SSSR count). The van der Waals surface area contributed by atoms with E-state index < -0.39 is 5.60 Å². The number of hydrogen-bond donors (Lipinski definition) is 0. The fourth-order valence-electron chi connectivity index (χ4n) is 2.36. The first kappa shape index (κ1) is 15.0. The second-order valence-electron chi connectivity index (χ2n) is 6.42. The third-order valence-electron chi connectivity index (χ3n) is 3.40. The van der Waals surface area contributed by atoms with Gasteiger partial charge in [-0.15, -0.1) is 0 Å². The molecule has 1 aliphatic rings. The van der Waals surface area contributed by atoms with Gasteiger partial charge in [-0.2, -0.15) is 0 Å². The molecule has 22 heavy (non-hydrogen) atoms. The van der Waals surface area contributed by atoms with Crippen LogP contribution in [-0.4, -0.2) is 49.2 Å². The molecule has 2 aromatic rings. The molecule has 0 radical (unpaired) electrons. The number of carbonyl (C=O) groups excluding carboxylic acids is 1. The number of carbonyl (C=O) groups is 1. The molecule has 0 aliphatic carbocycles. The Bertz CT molecular complexity index is 731. The number of rotatable bonds is 1. The van der Waals surface area contributed by atoms with Crippen LogP contribution in [0.3, 0.4) is 0 Å². The summed E-state index contributed by atoms with van der Waals surface area (Å²) in [6.07, 6.45) is 1.40. The molecule has 0 spiro atoms. The molecular weight excluding hydrogens is 306 g/mol. The molecule has 1 amide bonds. The first-order valence-electron chi connectivity index (χ1n) is 7.09. The number of fused-ring (bicyclic) bond motifs is 1. The highest BCUT2D eigenvalue weighted by Crippen LogP contribution is 2.28. The zero-order chi connectivity index (χ0) is 16.1. The Morgan fingerprint density at radius 2 is 2.05 bits per heavy atom. The Kier molecular flexibility index (Phi) is 3.47. The van der Waals surface area contributed by atoms with E-state index in [1.807, 2.05) is 25.3 Å². The Hall–Kier alpha value is -1.89. The van der Waals surface area contributed by atoms with Gasteiger partial charge >= 0.3 is 6.09 Å². The number of aryl methyl sites for hydroxylation is 1. The van der Waals surface area contributed by atoms with Gasteiger partial charge < -0.3 is 14.2 Å². The lowest BCUT2D eigenvalue weighted by Gasteiger charge is -2.40. The third kappa shape index (κ3) is 2.72. The van der Waals surface area contributed by atoms with Gasteiger partial charge in [-0.1, -0.05) is 11.6 Å². The van der Waals surface area contributed by atoms with Crippen molar-refractivity contribution in [2.75, 3.05) is 13.1 Å². The summed E-state index contributed by atoms with van der Waals surface area (Å²) >= 11 is 6.08. The van der Waals surface area contributed by atoms with Gasteiger partial charge in [0.05, 0.1) is 12.4 Å². The van der Waals surface area contributed by atoms with Crippen LogP contribution in [0, 0.1) is 6.92 Å². The minimum atomic E-state index is -0.484. The highest BCUT2D eigenvalue weighted by Gasteiger charge is 2.35. The van der Waals surface area contributed by atoms with E-state index >= 15 is 0 Å². The number of amides is 1. The molecule has 118 valence electrons. The van der Waals surface area contributed by atoms with Crippen LogP contribution in [0.4, 0.5) is 4.79 Å². The minimum Gasteiger partial charge on any atom is -0.444 e. The smallest absolute Gasteiger partial charge is 0.410 e. The first-order valence-corrected chi connectivity index (χ1v) is 7.47. The van der Waals surface area contributed by atoms with Crippen molar-refractivity contribution in [3.8, 4) is 0 Å². The Morgan fingerprint density at radius 3 is 2.68 bits per heavy atom. The summed E-state index contributed by atoms with van der Waals surface area (Å²) in [5.74, 6) is 0.600. The van der Waals surface area contributed by atoms with Crippen molar-refractivity contribution in [1.29, 1.82) is 0 Å². The highest BCUT2D eigenvalue weighted by molar-refractivity contribution is 6.33. The van der Waals surface area contributed by atoms with E-state index in [-0.39, 0.29) is 12.1 Å². The number of hydrogen-bond acceptors (Lipinski definition) is 5. The molecule has 0 saturated carbocycles. The van der Waals surface area contributed by atoms with Crippen molar-refractivity contribution in [3.63, 3.8) is 0 Å². The summed E-state index contributed by atoms with van der Waals surface area (Å²) in [6.45, 7) is 8.49. The molecule has 1 aliphatic heterocycles. The summed E-state index contributed by atoms with van der Waals surface area (Å²) in [7, 11) is 0. The van der Waals surface area contributed by atoms with E-state index in [9.17, 15) is 4.79 Å². The highest BCUT2D eigenvalue weighted by atomic mass is 35.5. The molecule has 3 heterocycles. The second-order valence-corrected chi connectivity index (χ2v) is 6.78. The van der Waals surface area contributed by atoms with Crippen molar-refractivity contribution in [2.24, 2.45) is 0 Å². The molecule has 0 aromatic carbocycles. The van der Waals surface area contributed by atoms with Crippen molar-refractivity contribution < 1.29 is 9.53 Å². The van der Waals surface area contributed by atoms with E-state index in [1.54, 1.807) is 18.2 Å². The zero-order valence-electron chi connectivity index (χ0n) is 13.0. The van der Waals surface area contributed by atoms with E-state index in [4.69, 9.17) is 16.3 Å². The van der Waals surface area contributed by atoms with Crippen LogP contribution in [0.25, 0.3) is 11.2 Å². The first-order chi connectivity index (χ1) is 10.2. The van der Waals surface area contributed by atoms with Crippen LogP contribution in [0.15, 0.2) is 6.33 Å². The number of ether oxygens (including phenoxy) is 1. The summed E-state index contributed by atoms with van der Waals surface area (Å²) in [6, 6.07) is 0.128. The number of nitrogens with zero attached hydrogens (tertiary/aromatic N) is 5. The van der Waals surface area contributed by atoms with Gasteiger partial charge in [-0.05, 0) is 27.7 Å². The van der Waals surface area contributed by atoms with Crippen LogP contribution >= 0.6 is 11.6 Å². The topological polar surface area (TPSA) is 73.1 Å². The standard InChI is InChI=1S/C14H18ClN5O2/c1-8-17-11(15)10-12(18-8)20(7-16-10)9-5-19(6-9)13(21)22-14(2,3)4/h7,9H,5-6H2,1-4H3. The van der Waals surface area contributed by atoms with Crippen molar-refractivity contribution in [2.45, 2.75) is 39.3 Å². The maximum Gasteiger partial charge on any atom is 0.410 e. The van der Waals surface area contributed by atoms with Gasteiger partial charge in [0.15, 0.2) is 10.8 Å². The van der Waals surface area contributed by atoms with Crippen molar-refractivity contribution in [1.82, 2.24) is 24.4 Å². The van der Waals surface area contributed by atoms with E-state index in [0.717, 1.165) is 0 Å². The summed E-state index contributed by atoms with van der Waals surface area (Å²) in [5, 5.41) is 0.351. The van der Waals surface area contributed by atoms with E-state index in [0.29, 0.717) is 35.2 Å². The molecule has 0 N–H and O–H groups in total. The Labute approximate surface area is 133 Å². The minimum absolute atomic E-state index is 0.128. The normalized spacial score (nSPS) is 16.0. The molecule has 8 heteroatoms. The monoisotopic (exact) mass is 323 g/mol. The van der Waals surface area contributed by atoms with Gasteiger partial charge in [0.1, 0.15) is 16.9 Å². The Morgan fingerprint density at radius 1 is 1.36 bits per heavy atom. The lowest BCUT2D eigenvalue weighted by atomic mass is 10.1. The number of imidazole rings is 1. The quantitative estimate of drug-likeness (QED) is 0.754. The van der Waals surface area contributed by atoms with Gasteiger partial charge in [-0.3, -0.25) is 0 Å². The van der Waals surface area contributed by atoms with E-state index in [2.05, 4.69) is 15.0 Å². The van der Waals surface area contributed by atoms with Crippen LogP contribution < -0.4 is 0 Å². The average Bonchev–Trinajstić information content (AvgIpc) is 2.68. The third-order valence-corrected chi connectivity index (χ3v) is 3.66. The maximum atomic E-state index is 12.0. The largest absolute Gasteiger partial charge is 0.444 e. The van der Waals surface area contributed by atoms with E-state index in [1.165, 1.54) is 0 Å². The fourth-order valence-corrected chi connectivity index (χ4v) is 2.61.